The summed E-state index contributed by atoms with van der Waals surface area (Å²) in [6, 6.07) is -4.56. The van der Waals surface area contributed by atoms with E-state index in [1.807, 2.05) is 5.32 Å². The second-order valence-electron chi connectivity index (χ2n) is 6.05. The van der Waals surface area contributed by atoms with E-state index in [4.69, 9.17) is 32.2 Å². The van der Waals surface area contributed by atoms with E-state index in [1.54, 1.807) is 0 Å². The Hall–Kier alpha value is -3.46. The number of carbonyl (C=O) groups is 5. The number of carbonyl (C=O) groups excluding carboxylic acids is 3. The van der Waals surface area contributed by atoms with Crippen molar-refractivity contribution in [2.75, 3.05) is 19.7 Å². The van der Waals surface area contributed by atoms with Crippen molar-refractivity contribution in [1.29, 1.82) is 5.41 Å². The Morgan fingerprint density at radius 2 is 1.50 bits per heavy atom. The number of rotatable bonds is 14. The van der Waals surface area contributed by atoms with Crippen LogP contribution in [0.4, 0.5) is 0 Å². The lowest BCUT2D eigenvalue weighted by Crippen LogP contribution is -2.57. The third-order valence-electron chi connectivity index (χ3n) is 3.63. The van der Waals surface area contributed by atoms with Gasteiger partial charge in [0.2, 0.25) is 17.7 Å². The van der Waals surface area contributed by atoms with Gasteiger partial charge in [0.1, 0.15) is 18.1 Å². The number of hydrogen-bond donors (Lipinski definition) is 10. The zero-order valence-electron chi connectivity index (χ0n) is 16.0. The van der Waals surface area contributed by atoms with Crippen molar-refractivity contribution in [3.63, 3.8) is 0 Å². The molecule has 0 fully saturated rings. The van der Waals surface area contributed by atoms with E-state index < -0.39 is 67.4 Å². The molecule has 15 nitrogen and oxygen atoms in total. The van der Waals surface area contributed by atoms with E-state index >= 15 is 0 Å². The molecular formula is C15H27N7O8. The average Bonchev–Trinajstić information content (AvgIpc) is 2.66. The van der Waals surface area contributed by atoms with Gasteiger partial charge in [-0.2, -0.15) is 0 Å². The Morgan fingerprint density at radius 3 is 1.97 bits per heavy atom. The molecule has 0 spiro atoms. The first-order chi connectivity index (χ1) is 14.0. The maximum absolute atomic E-state index is 12.5. The molecular weight excluding hydrogens is 406 g/mol. The average molecular weight is 433 g/mol. The fourth-order valence-corrected chi connectivity index (χ4v) is 2.17. The molecule has 0 aromatic rings. The van der Waals surface area contributed by atoms with Gasteiger partial charge in [-0.3, -0.25) is 24.6 Å². The molecule has 0 aromatic heterocycles. The van der Waals surface area contributed by atoms with Crippen LogP contribution >= 0.6 is 0 Å². The summed E-state index contributed by atoms with van der Waals surface area (Å²) < 4.78 is 0. The number of aliphatic carboxylic acids is 2. The van der Waals surface area contributed by atoms with Gasteiger partial charge in [-0.15, -0.1) is 0 Å². The number of carboxylic acid groups (broad SMARTS) is 2. The number of nitrogens with two attached hydrogens (primary N) is 2. The standard InChI is InChI=1S/C15H27N7O8/c16-5-10(24)20-7(2-1-3-19-15(17)18)12(27)21-8(4-11(25)26)13(28)22-9(6-23)14(29)30/h7-9,23H,1-6,16H2,(H,20,24)(H,21,27)(H,22,28)(H,25,26)(H,29,30)(H4,17,18,19)/t7-,8-,9-/m0/s1. The summed E-state index contributed by atoms with van der Waals surface area (Å²) in [7, 11) is 0. The molecule has 15 heteroatoms. The zero-order valence-corrected chi connectivity index (χ0v) is 16.0. The Morgan fingerprint density at radius 1 is 0.933 bits per heavy atom. The second-order valence-corrected chi connectivity index (χ2v) is 6.05. The normalized spacial score (nSPS) is 13.3. The van der Waals surface area contributed by atoms with Gasteiger partial charge in [-0.05, 0) is 12.8 Å². The number of guanidine groups is 1. The quantitative estimate of drug-likeness (QED) is 0.0705. The third kappa shape index (κ3) is 10.8. The zero-order chi connectivity index (χ0) is 23.3. The van der Waals surface area contributed by atoms with E-state index in [0.717, 1.165) is 0 Å². The first-order valence-electron chi connectivity index (χ1n) is 8.75. The van der Waals surface area contributed by atoms with Crippen LogP contribution in [0.2, 0.25) is 0 Å². The summed E-state index contributed by atoms with van der Waals surface area (Å²) in [6.45, 7) is -1.17. The van der Waals surface area contributed by atoms with Crippen LogP contribution in [0, 0.1) is 5.41 Å². The summed E-state index contributed by atoms with van der Waals surface area (Å²) in [4.78, 5) is 58.2. The van der Waals surface area contributed by atoms with Gasteiger partial charge in [0, 0.05) is 6.54 Å². The molecule has 0 aromatic carbocycles. The van der Waals surface area contributed by atoms with Gasteiger partial charge in [0.05, 0.1) is 19.6 Å². The molecule has 0 bridgehead atoms. The highest BCUT2D eigenvalue weighted by molar-refractivity contribution is 5.95. The smallest absolute Gasteiger partial charge is 0.328 e. The van der Waals surface area contributed by atoms with Gasteiger partial charge < -0.3 is 48.1 Å². The fraction of sp³-hybridized carbons (Fsp3) is 0.600. The molecule has 0 saturated carbocycles. The van der Waals surface area contributed by atoms with E-state index in [2.05, 4.69) is 16.0 Å². The van der Waals surface area contributed by atoms with E-state index in [0.29, 0.717) is 0 Å². The van der Waals surface area contributed by atoms with E-state index in [-0.39, 0.29) is 25.3 Å². The Kier molecular flexibility index (Phi) is 12.1. The van der Waals surface area contributed by atoms with Crippen molar-refractivity contribution in [3.05, 3.63) is 0 Å². The molecule has 0 saturated heterocycles. The lowest BCUT2D eigenvalue weighted by atomic mass is 10.1. The lowest BCUT2D eigenvalue weighted by Gasteiger charge is -2.23. The van der Waals surface area contributed by atoms with Crippen LogP contribution in [0.5, 0.6) is 0 Å². The Balaban J connectivity index is 5.25. The fourth-order valence-electron chi connectivity index (χ4n) is 2.17. The third-order valence-corrected chi connectivity index (χ3v) is 3.63. The maximum Gasteiger partial charge on any atom is 0.328 e. The first-order valence-corrected chi connectivity index (χ1v) is 8.75. The highest BCUT2D eigenvalue weighted by Gasteiger charge is 2.30. The Bertz CT molecular complexity index is 657. The molecule has 3 atom stereocenters. The van der Waals surface area contributed by atoms with Gasteiger partial charge in [-0.25, -0.2) is 4.79 Å². The molecule has 170 valence electrons. The molecule has 0 aliphatic rings. The van der Waals surface area contributed by atoms with Crippen LogP contribution in [-0.2, 0) is 24.0 Å². The number of aliphatic hydroxyl groups is 1. The molecule has 0 aliphatic carbocycles. The van der Waals surface area contributed by atoms with Crippen molar-refractivity contribution in [3.8, 4) is 0 Å². The molecule has 30 heavy (non-hydrogen) atoms. The summed E-state index contributed by atoms with van der Waals surface area (Å²) >= 11 is 0. The largest absolute Gasteiger partial charge is 0.481 e. The number of nitrogens with one attached hydrogen (secondary N) is 5. The number of aliphatic hydroxyl groups excluding tert-OH is 1. The topological polar surface area (TPSA) is 270 Å². The van der Waals surface area contributed by atoms with Gasteiger partial charge in [0.15, 0.2) is 5.96 Å². The maximum atomic E-state index is 12.5. The highest BCUT2D eigenvalue weighted by atomic mass is 16.4. The lowest BCUT2D eigenvalue weighted by molar-refractivity contribution is -0.144. The van der Waals surface area contributed by atoms with E-state index in [1.165, 1.54) is 0 Å². The van der Waals surface area contributed by atoms with Gasteiger partial charge in [-0.1, -0.05) is 0 Å². The van der Waals surface area contributed by atoms with Crippen LogP contribution in [-0.4, -0.2) is 88.8 Å². The molecule has 0 radical (unpaired) electrons. The van der Waals surface area contributed by atoms with Crippen LogP contribution in [0.25, 0.3) is 0 Å². The minimum atomic E-state index is -1.70. The highest BCUT2D eigenvalue weighted by Crippen LogP contribution is 2.01. The predicted octanol–water partition coefficient (Wildman–Crippen LogP) is -4.79. The minimum Gasteiger partial charge on any atom is -0.481 e. The summed E-state index contributed by atoms with van der Waals surface area (Å²) in [5.41, 5.74) is 10.3. The molecule has 3 amide bonds. The SMILES string of the molecule is N=C(N)NCCC[C@H](NC(=O)CN)C(=O)N[C@@H](CC(=O)O)C(=O)N[C@@H](CO)C(=O)O. The van der Waals surface area contributed by atoms with Crippen molar-refractivity contribution < 1.29 is 39.3 Å². The Labute approximate surface area is 171 Å². The van der Waals surface area contributed by atoms with Crippen molar-refractivity contribution in [2.45, 2.75) is 37.4 Å². The van der Waals surface area contributed by atoms with Gasteiger partial charge in [0.25, 0.3) is 0 Å². The summed E-state index contributed by atoms with van der Waals surface area (Å²) in [5, 5.41) is 42.8. The summed E-state index contributed by atoms with van der Waals surface area (Å²) in [6.07, 6.45) is -0.573. The van der Waals surface area contributed by atoms with Crippen LogP contribution in [0.1, 0.15) is 19.3 Å². The summed E-state index contributed by atoms with van der Waals surface area (Å²) in [5.74, 6) is -6.04. The predicted molar refractivity (Wildman–Crippen MR) is 101 cm³/mol. The van der Waals surface area contributed by atoms with Crippen LogP contribution in [0.15, 0.2) is 0 Å². The number of carboxylic acids is 2. The second kappa shape index (κ2) is 13.7. The van der Waals surface area contributed by atoms with Crippen molar-refractivity contribution >= 4 is 35.6 Å². The van der Waals surface area contributed by atoms with Crippen molar-refractivity contribution in [1.82, 2.24) is 21.3 Å². The molecule has 0 heterocycles. The first kappa shape index (κ1) is 26.5. The number of amides is 3. The molecule has 0 unspecified atom stereocenters. The number of hydrogen-bond acceptors (Lipinski definition) is 8. The monoisotopic (exact) mass is 433 g/mol. The molecule has 0 rings (SSSR count). The van der Waals surface area contributed by atoms with Crippen molar-refractivity contribution in [2.24, 2.45) is 11.5 Å². The minimum absolute atomic E-state index is 0.0354. The van der Waals surface area contributed by atoms with E-state index in [9.17, 15) is 24.0 Å². The molecule has 12 N–H and O–H groups in total. The van der Waals surface area contributed by atoms with Crippen LogP contribution < -0.4 is 32.7 Å². The van der Waals surface area contributed by atoms with Gasteiger partial charge >= 0.3 is 11.9 Å². The molecule has 0 aliphatic heterocycles. The van der Waals surface area contributed by atoms with Crippen LogP contribution in [0.3, 0.4) is 0 Å².